The topological polar surface area (TPSA) is 24.9 Å². The normalized spacial score (nSPS) is 12.7. The summed E-state index contributed by atoms with van der Waals surface area (Å²) in [6.07, 6.45) is 2.16. The van der Waals surface area contributed by atoms with Crippen LogP contribution in [0.15, 0.2) is 41.9 Å². The molecule has 2 aromatic heterocycles. The Morgan fingerprint density at radius 3 is 2.95 bits per heavy atom. The number of hydrogen-bond acceptors (Lipinski definition) is 3. The maximum Gasteiger partial charge on any atom is 0.162 e. The molecule has 3 aromatic rings. The summed E-state index contributed by atoms with van der Waals surface area (Å²) >= 11 is 1.62. The number of pyridine rings is 1. The van der Waals surface area contributed by atoms with Gasteiger partial charge in [0.05, 0.1) is 10.2 Å². The van der Waals surface area contributed by atoms with Gasteiger partial charge in [-0.05, 0) is 48.2 Å². The van der Waals surface area contributed by atoms with E-state index in [1.54, 1.807) is 30.6 Å². The second kappa shape index (κ2) is 5.87. The summed E-state index contributed by atoms with van der Waals surface area (Å²) < 4.78 is 28.2. The average molecular weight is 304 g/mol. The predicted octanol–water partition coefficient (Wildman–Crippen LogP) is 4.08. The number of fused-ring (bicyclic) bond motifs is 1. The van der Waals surface area contributed by atoms with E-state index in [0.717, 1.165) is 21.8 Å². The van der Waals surface area contributed by atoms with Crippen molar-refractivity contribution in [1.82, 2.24) is 10.3 Å². The Hall–Kier alpha value is -1.85. The standard InChI is InChI=1S/C16H14F2N2S/c1-19-14(7-10-3-2-4-12(17)16(10)18)11-8-15-13(20-9-11)5-6-21-15/h2-6,8-9,14,19H,7H2,1H3. The second-order valence-electron chi connectivity index (χ2n) is 4.83. The molecule has 0 spiro atoms. The van der Waals surface area contributed by atoms with E-state index in [0.29, 0.717) is 12.0 Å². The highest BCUT2D eigenvalue weighted by Gasteiger charge is 2.16. The predicted molar refractivity (Wildman–Crippen MR) is 81.5 cm³/mol. The smallest absolute Gasteiger partial charge is 0.162 e. The number of nitrogens with one attached hydrogen (secondary N) is 1. The molecule has 108 valence electrons. The Balaban J connectivity index is 1.92. The van der Waals surface area contributed by atoms with Crippen LogP contribution in [0.25, 0.3) is 10.2 Å². The van der Waals surface area contributed by atoms with Gasteiger partial charge < -0.3 is 5.32 Å². The summed E-state index contributed by atoms with van der Waals surface area (Å²) in [5.41, 5.74) is 2.28. The van der Waals surface area contributed by atoms with E-state index >= 15 is 0 Å². The molecule has 0 aliphatic heterocycles. The molecule has 0 fully saturated rings. The van der Waals surface area contributed by atoms with Crippen LogP contribution >= 0.6 is 11.3 Å². The summed E-state index contributed by atoms with van der Waals surface area (Å²) in [6.45, 7) is 0. The van der Waals surface area contributed by atoms with Gasteiger partial charge in [0.15, 0.2) is 11.6 Å². The first-order valence-electron chi connectivity index (χ1n) is 6.62. The van der Waals surface area contributed by atoms with Crippen molar-refractivity contribution in [3.8, 4) is 0 Å². The number of halogens is 2. The highest BCUT2D eigenvalue weighted by Crippen LogP contribution is 2.25. The molecule has 0 aliphatic rings. The molecule has 1 atom stereocenters. The summed E-state index contributed by atoms with van der Waals surface area (Å²) in [6, 6.07) is 8.17. The van der Waals surface area contributed by atoms with Crippen molar-refractivity contribution in [2.45, 2.75) is 12.5 Å². The number of rotatable bonds is 4. The molecule has 1 unspecified atom stereocenters. The largest absolute Gasteiger partial charge is 0.313 e. The van der Waals surface area contributed by atoms with Crippen molar-refractivity contribution < 1.29 is 8.78 Å². The minimum atomic E-state index is -0.811. The zero-order valence-corrected chi connectivity index (χ0v) is 12.3. The Bertz CT molecular complexity index is 770. The van der Waals surface area contributed by atoms with Crippen LogP contribution in [0.3, 0.4) is 0 Å². The van der Waals surface area contributed by atoms with Crippen molar-refractivity contribution in [2.75, 3.05) is 7.05 Å². The molecule has 1 aromatic carbocycles. The molecular formula is C16H14F2N2S. The van der Waals surface area contributed by atoms with Crippen LogP contribution in [-0.2, 0) is 6.42 Å². The number of aromatic nitrogens is 1. The molecule has 21 heavy (non-hydrogen) atoms. The molecule has 5 heteroatoms. The SMILES string of the molecule is CNC(Cc1cccc(F)c1F)c1cnc2ccsc2c1. The van der Waals surface area contributed by atoms with Crippen LogP contribution in [0.1, 0.15) is 17.2 Å². The quantitative estimate of drug-likeness (QED) is 0.785. The molecule has 0 saturated carbocycles. The maximum absolute atomic E-state index is 13.8. The van der Waals surface area contributed by atoms with Crippen LogP contribution in [0.2, 0.25) is 0 Å². The first-order valence-corrected chi connectivity index (χ1v) is 7.50. The lowest BCUT2D eigenvalue weighted by Crippen LogP contribution is -2.19. The van der Waals surface area contributed by atoms with Gasteiger partial charge in [-0.3, -0.25) is 4.98 Å². The fraction of sp³-hybridized carbons (Fsp3) is 0.188. The monoisotopic (exact) mass is 304 g/mol. The molecule has 0 bridgehead atoms. The highest BCUT2D eigenvalue weighted by atomic mass is 32.1. The first-order chi connectivity index (χ1) is 10.2. The fourth-order valence-electron chi connectivity index (χ4n) is 2.36. The van der Waals surface area contributed by atoms with E-state index in [2.05, 4.69) is 10.3 Å². The molecule has 2 heterocycles. The third-order valence-electron chi connectivity index (χ3n) is 3.53. The molecular weight excluding hydrogens is 290 g/mol. The van der Waals surface area contributed by atoms with E-state index in [4.69, 9.17) is 0 Å². The Morgan fingerprint density at radius 1 is 1.29 bits per heavy atom. The van der Waals surface area contributed by atoms with Crippen molar-refractivity contribution in [2.24, 2.45) is 0 Å². The Morgan fingerprint density at radius 2 is 2.14 bits per heavy atom. The number of thiophene rings is 1. The summed E-state index contributed by atoms with van der Waals surface area (Å²) in [7, 11) is 1.81. The van der Waals surface area contributed by atoms with Gasteiger partial charge in [0.1, 0.15) is 0 Å². The molecule has 0 saturated heterocycles. The van der Waals surface area contributed by atoms with E-state index < -0.39 is 11.6 Å². The first kappa shape index (κ1) is 14.1. The zero-order chi connectivity index (χ0) is 14.8. The minimum absolute atomic E-state index is 0.111. The minimum Gasteiger partial charge on any atom is -0.313 e. The van der Waals surface area contributed by atoms with E-state index in [1.165, 1.54) is 6.07 Å². The van der Waals surface area contributed by atoms with Crippen molar-refractivity contribution in [3.05, 3.63) is 64.7 Å². The number of nitrogens with zero attached hydrogens (tertiary/aromatic N) is 1. The van der Waals surface area contributed by atoms with Crippen molar-refractivity contribution >= 4 is 21.6 Å². The summed E-state index contributed by atoms with van der Waals surface area (Å²) in [5, 5.41) is 5.13. The van der Waals surface area contributed by atoms with Gasteiger partial charge in [0, 0.05) is 12.2 Å². The zero-order valence-electron chi connectivity index (χ0n) is 11.4. The van der Waals surface area contributed by atoms with Gasteiger partial charge in [-0.2, -0.15) is 0 Å². The van der Waals surface area contributed by atoms with Crippen LogP contribution in [0.4, 0.5) is 8.78 Å². The highest BCUT2D eigenvalue weighted by molar-refractivity contribution is 7.17. The summed E-state index contributed by atoms with van der Waals surface area (Å²) in [5.74, 6) is -1.59. The lowest BCUT2D eigenvalue weighted by atomic mass is 9.99. The van der Waals surface area contributed by atoms with E-state index in [1.807, 2.05) is 17.5 Å². The van der Waals surface area contributed by atoms with Gasteiger partial charge in [0.2, 0.25) is 0 Å². The molecule has 0 amide bonds. The fourth-order valence-corrected chi connectivity index (χ4v) is 3.15. The lowest BCUT2D eigenvalue weighted by Gasteiger charge is -2.17. The third-order valence-corrected chi connectivity index (χ3v) is 4.38. The van der Waals surface area contributed by atoms with Crippen molar-refractivity contribution in [3.63, 3.8) is 0 Å². The second-order valence-corrected chi connectivity index (χ2v) is 5.78. The average Bonchev–Trinajstić information content (AvgIpc) is 2.96. The van der Waals surface area contributed by atoms with Crippen molar-refractivity contribution in [1.29, 1.82) is 0 Å². The molecule has 0 aliphatic carbocycles. The molecule has 2 nitrogen and oxygen atoms in total. The van der Waals surface area contributed by atoms with E-state index in [-0.39, 0.29) is 6.04 Å². The maximum atomic E-state index is 13.8. The Kier molecular flexibility index (Phi) is 3.94. The molecule has 0 radical (unpaired) electrons. The van der Waals surface area contributed by atoms with Crippen LogP contribution in [0.5, 0.6) is 0 Å². The van der Waals surface area contributed by atoms with E-state index in [9.17, 15) is 8.78 Å². The van der Waals surface area contributed by atoms with Crippen LogP contribution in [-0.4, -0.2) is 12.0 Å². The number of hydrogen-bond donors (Lipinski definition) is 1. The molecule has 3 rings (SSSR count). The third kappa shape index (κ3) is 2.80. The Labute approximate surface area is 125 Å². The van der Waals surface area contributed by atoms with Gasteiger partial charge in [-0.1, -0.05) is 12.1 Å². The van der Waals surface area contributed by atoms with Crippen LogP contribution in [0, 0.1) is 11.6 Å². The van der Waals surface area contributed by atoms with Gasteiger partial charge in [-0.25, -0.2) is 8.78 Å². The van der Waals surface area contributed by atoms with Crippen LogP contribution < -0.4 is 5.32 Å². The lowest BCUT2D eigenvalue weighted by molar-refractivity contribution is 0.487. The van der Waals surface area contributed by atoms with Gasteiger partial charge in [0.25, 0.3) is 0 Å². The van der Waals surface area contributed by atoms with Gasteiger partial charge >= 0.3 is 0 Å². The van der Waals surface area contributed by atoms with Gasteiger partial charge in [-0.15, -0.1) is 11.3 Å². The number of benzene rings is 1. The summed E-state index contributed by atoms with van der Waals surface area (Å²) in [4.78, 5) is 4.39. The molecule has 1 N–H and O–H groups in total. The number of likely N-dealkylation sites (N-methyl/N-ethyl adjacent to an activating group) is 1.